The molecule has 1 aromatic heterocycles. The van der Waals surface area contributed by atoms with Crippen LogP contribution in [0.3, 0.4) is 0 Å². The SMILES string of the molecule is Oc1c(I)cc(I)cc1CN=Nc1nn[nH]n1. The fourth-order valence-electron chi connectivity index (χ4n) is 1.11. The Morgan fingerprint density at radius 2 is 2.18 bits per heavy atom. The number of phenolic OH excluding ortho intramolecular Hbond substituents is 1. The molecule has 0 aliphatic carbocycles. The van der Waals surface area contributed by atoms with E-state index in [2.05, 4.69) is 76.0 Å². The molecule has 0 amide bonds. The van der Waals surface area contributed by atoms with Crippen LogP contribution in [0.5, 0.6) is 5.75 Å². The second-order valence-electron chi connectivity index (χ2n) is 3.01. The van der Waals surface area contributed by atoms with Crippen LogP contribution in [0.4, 0.5) is 5.95 Å². The number of rotatable bonds is 3. The summed E-state index contributed by atoms with van der Waals surface area (Å²) in [5.74, 6) is 0.405. The molecule has 9 heteroatoms. The summed E-state index contributed by atoms with van der Waals surface area (Å²) in [6.45, 7) is 0.271. The molecule has 0 fully saturated rings. The summed E-state index contributed by atoms with van der Waals surface area (Å²) >= 11 is 4.25. The number of aromatic hydroxyl groups is 1. The Hall–Kier alpha value is -0.850. The third kappa shape index (κ3) is 3.31. The van der Waals surface area contributed by atoms with Gasteiger partial charge in [-0.05, 0) is 62.5 Å². The largest absolute Gasteiger partial charge is 0.506 e. The maximum absolute atomic E-state index is 9.82. The van der Waals surface area contributed by atoms with Crippen LogP contribution in [0.15, 0.2) is 22.4 Å². The monoisotopic (exact) mass is 456 g/mol. The molecule has 88 valence electrons. The Bertz CT molecular complexity index is 541. The lowest BCUT2D eigenvalue weighted by Gasteiger charge is -2.03. The number of hydrogen-bond acceptors (Lipinski definition) is 6. The van der Waals surface area contributed by atoms with Gasteiger partial charge in [-0.2, -0.15) is 10.3 Å². The number of hydrogen-bond donors (Lipinski definition) is 2. The van der Waals surface area contributed by atoms with Gasteiger partial charge in [0, 0.05) is 9.13 Å². The van der Waals surface area contributed by atoms with Gasteiger partial charge >= 0.3 is 5.95 Å². The molecule has 2 aromatic rings. The first-order chi connectivity index (χ1) is 8.16. The average Bonchev–Trinajstić information content (AvgIpc) is 2.78. The zero-order chi connectivity index (χ0) is 12.3. The number of aromatic nitrogens is 4. The van der Waals surface area contributed by atoms with Gasteiger partial charge in [0.1, 0.15) is 5.75 Å². The highest BCUT2D eigenvalue weighted by Gasteiger charge is 2.06. The van der Waals surface area contributed by atoms with E-state index >= 15 is 0 Å². The lowest BCUT2D eigenvalue weighted by atomic mass is 10.2. The van der Waals surface area contributed by atoms with E-state index in [0.29, 0.717) is 5.56 Å². The molecular weight excluding hydrogens is 450 g/mol. The average molecular weight is 456 g/mol. The molecule has 0 saturated heterocycles. The number of halogens is 2. The molecule has 0 spiro atoms. The molecular formula is C8H6I2N6O. The highest BCUT2D eigenvalue weighted by atomic mass is 127. The molecule has 0 saturated carbocycles. The number of phenols is 1. The highest BCUT2D eigenvalue weighted by Crippen LogP contribution is 2.27. The van der Waals surface area contributed by atoms with Crippen molar-refractivity contribution in [2.24, 2.45) is 10.2 Å². The summed E-state index contributed by atoms with van der Waals surface area (Å²) in [4.78, 5) is 0. The summed E-state index contributed by atoms with van der Waals surface area (Å²) in [6.07, 6.45) is 0. The van der Waals surface area contributed by atoms with Gasteiger partial charge in [-0.1, -0.05) is 5.10 Å². The van der Waals surface area contributed by atoms with Gasteiger partial charge in [-0.25, -0.2) is 0 Å². The summed E-state index contributed by atoms with van der Waals surface area (Å²) in [5.41, 5.74) is 0.716. The molecule has 17 heavy (non-hydrogen) atoms. The quantitative estimate of drug-likeness (QED) is 0.548. The third-order valence-corrected chi connectivity index (χ3v) is 3.29. The van der Waals surface area contributed by atoms with Crippen molar-refractivity contribution in [3.05, 3.63) is 24.8 Å². The molecule has 0 aliphatic heterocycles. The molecule has 1 aromatic carbocycles. The summed E-state index contributed by atoms with van der Waals surface area (Å²) < 4.78 is 1.83. The van der Waals surface area contributed by atoms with Crippen molar-refractivity contribution in [2.75, 3.05) is 0 Å². The smallest absolute Gasteiger partial charge is 0.307 e. The minimum Gasteiger partial charge on any atom is -0.506 e. The lowest BCUT2D eigenvalue weighted by molar-refractivity contribution is 0.464. The Balaban J connectivity index is 2.14. The molecule has 7 nitrogen and oxygen atoms in total. The zero-order valence-electron chi connectivity index (χ0n) is 8.30. The van der Waals surface area contributed by atoms with Crippen LogP contribution in [0.2, 0.25) is 0 Å². The normalized spacial score (nSPS) is 11.2. The van der Waals surface area contributed by atoms with Crippen LogP contribution < -0.4 is 0 Å². The van der Waals surface area contributed by atoms with Crippen molar-refractivity contribution in [3.63, 3.8) is 0 Å². The first-order valence-corrected chi connectivity index (χ1v) is 6.60. The van der Waals surface area contributed by atoms with Crippen molar-refractivity contribution in [1.29, 1.82) is 0 Å². The van der Waals surface area contributed by atoms with Crippen molar-refractivity contribution < 1.29 is 5.11 Å². The second kappa shape index (κ2) is 5.66. The van der Waals surface area contributed by atoms with E-state index in [-0.39, 0.29) is 18.2 Å². The fraction of sp³-hybridized carbons (Fsp3) is 0.125. The maximum atomic E-state index is 9.82. The van der Waals surface area contributed by atoms with E-state index in [0.717, 1.165) is 7.14 Å². The van der Waals surface area contributed by atoms with E-state index in [1.54, 1.807) is 0 Å². The van der Waals surface area contributed by atoms with Crippen LogP contribution in [0.1, 0.15) is 5.56 Å². The van der Waals surface area contributed by atoms with Crippen molar-refractivity contribution in [2.45, 2.75) is 6.54 Å². The van der Waals surface area contributed by atoms with E-state index in [9.17, 15) is 5.11 Å². The van der Waals surface area contributed by atoms with Crippen LogP contribution >= 0.6 is 45.2 Å². The van der Waals surface area contributed by atoms with E-state index in [4.69, 9.17) is 0 Å². The fourth-order valence-corrected chi connectivity index (χ4v) is 3.08. The minimum absolute atomic E-state index is 0.171. The summed E-state index contributed by atoms with van der Waals surface area (Å²) in [7, 11) is 0. The number of aromatic amines is 1. The molecule has 0 bridgehead atoms. The van der Waals surface area contributed by atoms with Gasteiger partial charge in [0.2, 0.25) is 0 Å². The molecule has 0 unspecified atom stereocenters. The van der Waals surface area contributed by atoms with Gasteiger partial charge in [-0.3, -0.25) is 0 Å². The van der Waals surface area contributed by atoms with Gasteiger partial charge < -0.3 is 5.11 Å². The van der Waals surface area contributed by atoms with Crippen molar-refractivity contribution in [3.8, 4) is 5.75 Å². The van der Waals surface area contributed by atoms with Crippen molar-refractivity contribution >= 4 is 51.1 Å². The third-order valence-electron chi connectivity index (χ3n) is 1.84. The van der Waals surface area contributed by atoms with Crippen LogP contribution in [-0.4, -0.2) is 25.7 Å². The van der Waals surface area contributed by atoms with E-state index in [1.165, 1.54) is 0 Å². The Morgan fingerprint density at radius 1 is 1.35 bits per heavy atom. The molecule has 0 atom stereocenters. The summed E-state index contributed by atoms with van der Waals surface area (Å²) in [6, 6.07) is 3.74. The van der Waals surface area contributed by atoms with Gasteiger partial charge in [0.05, 0.1) is 10.1 Å². The van der Waals surface area contributed by atoms with Crippen molar-refractivity contribution in [1.82, 2.24) is 20.6 Å². The van der Waals surface area contributed by atoms with E-state index in [1.807, 2.05) is 12.1 Å². The molecule has 2 N–H and O–H groups in total. The van der Waals surface area contributed by atoms with Gasteiger partial charge in [0.25, 0.3) is 0 Å². The Labute approximate surface area is 123 Å². The number of nitrogens with zero attached hydrogens (tertiary/aromatic N) is 5. The molecule has 1 heterocycles. The Kier molecular flexibility index (Phi) is 4.20. The van der Waals surface area contributed by atoms with Crippen LogP contribution in [-0.2, 0) is 6.54 Å². The number of azo groups is 1. The first kappa shape index (κ1) is 12.6. The first-order valence-electron chi connectivity index (χ1n) is 4.44. The Morgan fingerprint density at radius 3 is 2.88 bits per heavy atom. The molecule has 0 radical (unpaired) electrons. The van der Waals surface area contributed by atoms with Gasteiger partial charge in [0.15, 0.2) is 0 Å². The number of H-pyrrole nitrogens is 1. The highest BCUT2D eigenvalue weighted by molar-refractivity contribution is 14.1. The van der Waals surface area contributed by atoms with Crippen LogP contribution in [0, 0.1) is 7.14 Å². The molecule has 2 rings (SSSR count). The summed E-state index contributed by atoms with van der Waals surface area (Å²) in [5, 5.41) is 30.4. The standard InChI is InChI=1S/C8H6I2N6O/c9-5-1-4(7(17)6(10)2-5)3-11-12-8-13-15-16-14-8/h1-2,17H,3H2,(H,13,14,15,16). The predicted octanol–water partition coefficient (Wildman–Crippen LogP) is 2.40. The zero-order valence-corrected chi connectivity index (χ0v) is 12.6. The number of benzene rings is 1. The second-order valence-corrected chi connectivity index (χ2v) is 5.41. The molecule has 0 aliphatic rings. The number of tetrazole rings is 1. The maximum Gasteiger partial charge on any atom is 0.307 e. The predicted molar refractivity (Wildman–Crippen MR) is 75.9 cm³/mol. The van der Waals surface area contributed by atoms with Gasteiger partial charge in [-0.15, -0.1) is 10.2 Å². The van der Waals surface area contributed by atoms with E-state index < -0.39 is 0 Å². The lowest BCUT2D eigenvalue weighted by Crippen LogP contribution is -1.87. The van der Waals surface area contributed by atoms with Crippen LogP contribution in [0.25, 0.3) is 0 Å². The topological polar surface area (TPSA) is 99.4 Å². The number of nitrogens with one attached hydrogen (secondary N) is 1. The minimum atomic E-state index is 0.171.